The van der Waals surface area contributed by atoms with Gasteiger partial charge >= 0.3 is 0 Å². The highest BCUT2D eigenvalue weighted by Crippen LogP contribution is 2.30. The zero-order valence-corrected chi connectivity index (χ0v) is 9.51. The minimum atomic E-state index is 0.186. The van der Waals surface area contributed by atoms with E-state index in [0.717, 1.165) is 24.1 Å². The smallest absolute Gasteiger partial charge is 0.120 e. The van der Waals surface area contributed by atoms with Gasteiger partial charge in [0, 0.05) is 19.4 Å². The molecule has 0 aliphatic heterocycles. The van der Waals surface area contributed by atoms with E-state index in [0.29, 0.717) is 11.4 Å². The second kappa shape index (κ2) is 4.60. The summed E-state index contributed by atoms with van der Waals surface area (Å²) >= 11 is 6.12. The summed E-state index contributed by atoms with van der Waals surface area (Å²) < 4.78 is 1.77. The number of hydrogen-bond donors (Lipinski definition) is 0. The predicted octanol–water partition coefficient (Wildman–Crippen LogP) is 2.46. The summed E-state index contributed by atoms with van der Waals surface area (Å²) in [5, 5.41) is 4.93. The number of aldehydes is 1. The van der Waals surface area contributed by atoms with Crippen LogP contribution in [0.2, 0.25) is 5.02 Å². The van der Waals surface area contributed by atoms with Crippen LogP contribution in [0.4, 0.5) is 0 Å². The molecule has 14 heavy (non-hydrogen) atoms. The fourth-order valence-corrected chi connectivity index (χ4v) is 2.00. The van der Waals surface area contributed by atoms with E-state index in [-0.39, 0.29) is 5.92 Å². The summed E-state index contributed by atoms with van der Waals surface area (Å²) in [5.74, 6) is 0.186. The third-order valence-electron chi connectivity index (χ3n) is 2.45. The van der Waals surface area contributed by atoms with E-state index in [4.69, 9.17) is 11.6 Å². The molecule has 1 unspecified atom stereocenters. The van der Waals surface area contributed by atoms with E-state index in [1.54, 1.807) is 4.68 Å². The zero-order chi connectivity index (χ0) is 10.7. The van der Waals surface area contributed by atoms with Gasteiger partial charge in [0.05, 0.1) is 16.4 Å². The Morgan fingerprint density at radius 2 is 2.29 bits per heavy atom. The molecular weight excluding hydrogens is 200 g/mol. The molecule has 0 bridgehead atoms. The van der Waals surface area contributed by atoms with Crippen molar-refractivity contribution in [1.82, 2.24) is 9.78 Å². The second-order valence-corrected chi connectivity index (χ2v) is 3.79. The number of carbonyl (C=O) groups is 1. The number of aryl methyl sites for hydroxylation is 2. The highest BCUT2D eigenvalue weighted by molar-refractivity contribution is 6.31. The van der Waals surface area contributed by atoms with Crippen molar-refractivity contribution in [2.45, 2.75) is 32.6 Å². The van der Waals surface area contributed by atoms with Crippen LogP contribution in [0.5, 0.6) is 0 Å². The molecule has 0 saturated heterocycles. The van der Waals surface area contributed by atoms with Gasteiger partial charge in [0.2, 0.25) is 0 Å². The minimum absolute atomic E-state index is 0.186. The Morgan fingerprint density at radius 1 is 1.64 bits per heavy atom. The van der Waals surface area contributed by atoms with Crippen molar-refractivity contribution in [3.63, 3.8) is 0 Å². The van der Waals surface area contributed by atoms with Crippen LogP contribution in [0.3, 0.4) is 0 Å². The monoisotopic (exact) mass is 214 g/mol. The number of halogens is 1. The number of nitrogens with zero attached hydrogens (tertiary/aromatic N) is 2. The fourth-order valence-electron chi connectivity index (χ4n) is 1.68. The normalized spacial score (nSPS) is 12.9. The Morgan fingerprint density at radius 3 is 2.64 bits per heavy atom. The van der Waals surface area contributed by atoms with E-state index >= 15 is 0 Å². The maximum absolute atomic E-state index is 10.5. The standard InChI is InChI=1S/C10H15ClN2O/c1-4-8(5-6-14)10-9(11)7(2)12-13(10)3/h6,8H,4-5H2,1-3H3. The first kappa shape index (κ1) is 11.2. The predicted molar refractivity (Wildman–Crippen MR) is 56.7 cm³/mol. The number of carbonyl (C=O) groups excluding carboxylic acids is 1. The first-order chi connectivity index (χ1) is 6.61. The maximum atomic E-state index is 10.5. The Kier molecular flexibility index (Phi) is 3.69. The van der Waals surface area contributed by atoms with E-state index in [2.05, 4.69) is 5.10 Å². The quantitative estimate of drug-likeness (QED) is 0.722. The van der Waals surface area contributed by atoms with Gasteiger partial charge < -0.3 is 4.79 Å². The Bertz CT molecular complexity index is 333. The highest BCUT2D eigenvalue weighted by Gasteiger charge is 2.19. The van der Waals surface area contributed by atoms with Gasteiger partial charge in [0.25, 0.3) is 0 Å². The molecule has 0 radical (unpaired) electrons. The summed E-state index contributed by atoms with van der Waals surface area (Å²) in [7, 11) is 1.86. The molecule has 3 nitrogen and oxygen atoms in total. The van der Waals surface area contributed by atoms with Crippen molar-refractivity contribution in [1.29, 1.82) is 0 Å². The summed E-state index contributed by atoms with van der Waals surface area (Å²) in [6.45, 7) is 3.92. The molecule has 0 saturated carbocycles. The molecule has 0 aliphatic rings. The molecule has 4 heteroatoms. The van der Waals surface area contributed by atoms with E-state index in [9.17, 15) is 4.79 Å². The third kappa shape index (κ3) is 1.98. The van der Waals surface area contributed by atoms with Gasteiger partial charge in [-0.1, -0.05) is 18.5 Å². The van der Waals surface area contributed by atoms with Gasteiger partial charge in [-0.2, -0.15) is 5.10 Å². The van der Waals surface area contributed by atoms with Crippen LogP contribution in [-0.2, 0) is 11.8 Å². The van der Waals surface area contributed by atoms with Crippen LogP contribution in [0, 0.1) is 6.92 Å². The topological polar surface area (TPSA) is 34.9 Å². The molecule has 1 atom stereocenters. The Balaban J connectivity index is 3.08. The molecule has 0 aromatic carbocycles. The molecule has 1 aromatic rings. The van der Waals surface area contributed by atoms with Crippen molar-refractivity contribution in [2.24, 2.45) is 7.05 Å². The van der Waals surface area contributed by atoms with Crippen molar-refractivity contribution in [3.8, 4) is 0 Å². The minimum Gasteiger partial charge on any atom is -0.303 e. The van der Waals surface area contributed by atoms with Crippen molar-refractivity contribution >= 4 is 17.9 Å². The lowest BCUT2D eigenvalue weighted by atomic mass is 9.99. The van der Waals surface area contributed by atoms with Crippen LogP contribution in [-0.4, -0.2) is 16.1 Å². The molecular formula is C10H15ClN2O. The van der Waals surface area contributed by atoms with E-state index in [1.807, 2.05) is 20.9 Å². The molecule has 0 amide bonds. The summed E-state index contributed by atoms with van der Waals surface area (Å²) in [6, 6.07) is 0. The number of rotatable bonds is 4. The molecule has 1 aromatic heterocycles. The largest absolute Gasteiger partial charge is 0.303 e. The first-order valence-electron chi connectivity index (χ1n) is 4.74. The average Bonchev–Trinajstić information content (AvgIpc) is 2.39. The zero-order valence-electron chi connectivity index (χ0n) is 8.75. The second-order valence-electron chi connectivity index (χ2n) is 3.42. The molecule has 78 valence electrons. The Labute approximate surface area is 89.1 Å². The van der Waals surface area contributed by atoms with Crippen LogP contribution in [0.25, 0.3) is 0 Å². The van der Waals surface area contributed by atoms with Gasteiger partial charge in [0.1, 0.15) is 6.29 Å². The summed E-state index contributed by atoms with van der Waals surface area (Å²) in [5.41, 5.74) is 1.80. The average molecular weight is 215 g/mol. The first-order valence-corrected chi connectivity index (χ1v) is 5.12. The van der Waals surface area contributed by atoms with Crippen molar-refractivity contribution in [3.05, 3.63) is 16.4 Å². The van der Waals surface area contributed by atoms with Gasteiger partial charge in [-0.25, -0.2) is 0 Å². The molecule has 0 fully saturated rings. The Hall–Kier alpha value is -0.830. The lowest BCUT2D eigenvalue weighted by molar-refractivity contribution is -0.108. The highest BCUT2D eigenvalue weighted by atomic mass is 35.5. The summed E-state index contributed by atoms with van der Waals surface area (Å²) in [6.07, 6.45) is 2.35. The molecule has 0 aliphatic carbocycles. The van der Waals surface area contributed by atoms with Crippen molar-refractivity contribution < 1.29 is 4.79 Å². The molecule has 1 rings (SSSR count). The van der Waals surface area contributed by atoms with Gasteiger partial charge in [-0.15, -0.1) is 0 Å². The third-order valence-corrected chi connectivity index (χ3v) is 2.92. The fraction of sp³-hybridized carbons (Fsp3) is 0.600. The lowest BCUT2D eigenvalue weighted by Crippen LogP contribution is -2.06. The van der Waals surface area contributed by atoms with Gasteiger partial charge in [-0.3, -0.25) is 4.68 Å². The number of aromatic nitrogens is 2. The maximum Gasteiger partial charge on any atom is 0.120 e. The molecule has 0 N–H and O–H groups in total. The lowest BCUT2D eigenvalue weighted by Gasteiger charge is -2.12. The van der Waals surface area contributed by atoms with Crippen LogP contribution in [0.1, 0.15) is 37.1 Å². The van der Waals surface area contributed by atoms with E-state index < -0.39 is 0 Å². The SMILES string of the molecule is CCC(CC=O)c1c(Cl)c(C)nn1C. The van der Waals surface area contributed by atoms with Crippen LogP contribution < -0.4 is 0 Å². The van der Waals surface area contributed by atoms with Gasteiger partial charge in [-0.05, 0) is 13.3 Å². The van der Waals surface area contributed by atoms with E-state index in [1.165, 1.54) is 0 Å². The number of hydrogen-bond acceptors (Lipinski definition) is 2. The van der Waals surface area contributed by atoms with Crippen LogP contribution in [0.15, 0.2) is 0 Å². The van der Waals surface area contributed by atoms with Crippen LogP contribution >= 0.6 is 11.6 Å². The molecule has 0 spiro atoms. The van der Waals surface area contributed by atoms with Gasteiger partial charge in [0.15, 0.2) is 0 Å². The van der Waals surface area contributed by atoms with Crippen molar-refractivity contribution in [2.75, 3.05) is 0 Å². The molecule has 1 heterocycles. The summed E-state index contributed by atoms with van der Waals surface area (Å²) in [4.78, 5) is 10.5.